The molecule has 0 amide bonds. The van der Waals surface area contributed by atoms with Crippen molar-refractivity contribution in [2.24, 2.45) is 0 Å². The van der Waals surface area contributed by atoms with Crippen molar-refractivity contribution in [3.05, 3.63) is 0 Å². The molecule has 1 heterocycles. The number of hydrogen-bond donors (Lipinski definition) is 2. The van der Waals surface area contributed by atoms with Crippen LogP contribution in [0.3, 0.4) is 0 Å². The summed E-state index contributed by atoms with van der Waals surface area (Å²) in [7, 11) is -2.15. The first-order valence-corrected chi connectivity index (χ1v) is 7.39. The topological polar surface area (TPSA) is 95.9 Å². The average molecular weight is 280 g/mol. The van der Waals surface area contributed by atoms with Crippen LogP contribution in [0.25, 0.3) is 0 Å². The molecular weight excluding hydrogens is 260 g/mol. The monoisotopic (exact) mass is 280 g/mol. The van der Waals surface area contributed by atoms with Crippen LogP contribution in [0.2, 0.25) is 0 Å². The summed E-state index contributed by atoms with van der Waals surface area (Å²) in [5, 5.41) is 8.63. The van der Waals surface area contributed by atoms with E-state index in [1.165, 1.54) is 11.4 Å². The van der Waals surface area contributed by atoms with Crippen LogP contribution in [0.5, 0.6) is 0 Å². The highest BCUT2D eigenvalue weighted by Gasteiger charge is 2.24. The van der Waals surface area contributed by atoms with E-state index in [1.54, 1.807) is 0 Å². The third-order valence-electron chi connectivity index (χ3n) is 2.88. The lowest BCUT2D eigenvalue weighted by atomic mass is 10.2. The molecule has 1 aliphatic rings. The lowest BCUT2D eigenvalue weighted by molar-refractivity contribution is -0.139. The van der Waals surface area contributed by atoms with Gasteiger partial charge in [0.15, 0.2) is 0 Å². The van der Waals surface area contributed by atoms with E-state index in [9.17, 15) is 13.2 Å². The summed E-state index contributed by atoms with van der Waals surface area (Å²) >= 11 is 0. The minimum atomic E-state index is -3.51. The molecule has 0 saturated carbocycles. The Morgan fingerprint density at radius 1 is 1.39 bits per heavy atom. The Hall–Kier alpha value is -0.700. The van der Waals surface area contributed by atoms with Crippen LogP contribution in [-0.4, -0.2) is 56.6 Å². The fraction of sp³-hybridized carbons (Fsp3) is 0.900. The molecule has 1 fully saturated rings. The first kappa shape index (κ1) is 15.4. The summed E-state index contributed by atoms with van der Waals surface area (Å²) < 4.78 is 32.5. The highest BCUT2D eigenvalue weighted by molar-refractivity contribution is 7.87. The molecule has 1 aliphatic heterocycles. The number of hydrogen-bond acceptors (Lipinski definition) is 4. The van der Waals surface area contributed by atoms with Crippen LogP contribution in [0.1, 0.15) is 25.7 Å². The van der Waals surface area contributed by atoms with E-state index >= 15 is 0 Å². The van der Waals surface area contributed by atoms with Crippen molar-refractivity contribution < 1.29 is 23.1 Å². The van der Waals surface area contributed by atoms with Gasteiger partial charge in [-0.2, -0.15) is 17.4 Å². The Balaban J connectivity index is 2.46. The summed E-state index contributed by atoms with van der Waals surface area (Å²) in [6, 6.07) is 0. The van der Waals surface area contributed by atoms with Crippen LogP contribution in [0.4, 0.5) is 0 Å². The SMILES string of the molecule is COC(CNS(=O)(=O)N1CCCCC1)CC(=O)O. The van der Waals surface area contributed by atoms with Gasteiger partial charge in [-0.05, 0) is 12.8 Å². The fourth-order valence-corrected chi connectivity index (χ4v) is 3.15. The van der Waals surface area contributed by atoms with Crippen LogP contribution in [0, 0.1) is 0 Å². The van der Waals surface area contributed by atoms with Gasteiger partial charge in [-0.1, -0.05) is 6.42 Å². The summed E-state index contributed by atoms with van der Waals surface area (Å²) in [6.45, 7) is 1.01. The molecule has 2 N–H and O–H groups in total. The van der Waals surface area contributed by atoms with Gasteiger partial charge in [-0.3, -0.25) is 4.79 Å². The first-order chi connectivity index (χ1) is 8.45. The van der Waals surface area contributed by atoms with Crippen LogP contribution in [0.15, 0.2) is 0 Å². The standard InChI is InChI=1S/C10H20N2O5S/c1-17-9(7-10(13)14)8-11-18(15,16)12-5-3-2-4-6-12/h9,11H,2-8H2,1H3,(H,13,14). The number of rotatable bonds is 7. The second-order valence-electron chi connectivity index (χ2n) is 4.27. The quantitative estimate of drug-likeness (QED) is 0.673. The number of carbonyl (C=O) groups is 1. The van der Waals surface area contributed by atoms with Gasteiger partial charge in [-0.25, -0.2) is 0 Å². The van der Waals surface area contributed by atoms with Gasteiger partial charge in [0.1, 0.15) is 0 Å². The van der Waals surface area contributed by atoms with E-state index < -0.39 is 22.3 Å². The van der Waals surface area contributed by atoms with Crippen LogP contribution in [-0.2, 0) is 19.7 Å². The fourth-order valence-electron chi connectivity index (χ4n) is 1.83. The number of carboxylic acids is 1. The van der Waals surface area contributed by atoms with Crippen molar-refractivity contribution in [3.63, 3.8) is 0 Å². The summed E-state index contributed by atoms with van der Waals surface area (Å²) in [6.07, 6.45) is 1.90. The maximum atomic E-state index is 11.9. The zero-order valence-corrected chi connectivity index (χ0v) is 11.3. The molecule has 0 aromatic rings. The summed E-state index contributed by atoms with van der Waals surface area (Å²) in [4.78, 5) is 10.5. The van der Waals surface area contributed by atoms with Gasteiger partial charge >= 0.3 is 5.97 Å². The van der Waals surface area contributed by atoms with E-state index in [0.717, 1.165) is 19.3 Å². The maximum Gasteiger partial charge on any atom is 0.306 e. The molecule has 0 aromatic heterocycles. The van der Waals surface area contributed by atoms with Crippen molar-refractivity contribution >= 4 is 16.2 Å². The average Bonchev–Trinajstić information content (AvgIpc) is 2.35. The predicted molar refractivity (Wildman–Crippen MR) is 65.4 cm³/mol. The third kappa shape index (κ3) is 4.89. The second-order valence-corrected chi connectivity index (χ2v) is 6.02. The molecule has 0 aliphatic carbocycles. The van der Waals surface area contributed by atoms with E-state index in [2.05, 4.69) is 4.72 Å². The minimum Gasteiger partial charge on any atom is -0.481 e. The molecule has 0 radical (unpaired) electrons. The number of ether oxygens (including phenoxy) is 1. The first-order valence-electron chi connectivity index (χ1n) is 5.95. The van der Waals surface area contributed by atoms with Gasteiger partial charge in [0, 0.05) is 26.7 Å². The van der Waals surface area contributed by atoms with Crippen molar-refractivity contribution in [2.75, 3.05) is 26.7 Å². The number of carboxylic acid groups (broad SMARTS) is 1. The van der Waals surface area contributed by atoms with Crippen molar-refractivity contribution in [1.29, 1.82) is 0 Å². The largest absolute Gasteiger partial charge is 0.481 e. The summed E-state index contributed by atoms with van der Waals surface area (Å²) in [5.74, 6) is -1.01. The van der Waals surface area contributed by atoms with Crippen molar-refractivity contribution in [1.82, 2.24) is 9.03 Å². The molecule has 1 rings (SSSR count). The zero-order chi connectivity index (χ0) is 13.6. The highest BCUT2D eigenvalue weighted by Crippen LogP contribution is 2.11. The zero-order valence-electron chi connectivity index (χ0n) is 10.5. The molecule has 18 heavy (non-hydrogen) atoms. The van der Waals surface area contributed by atoms with Crippen molar-refractivity contribution in [3.8, 4) is 0 Å². The van der Waals surface area contributed by atoms with Gasteiger partial charge in [0.05, 0.1) is 12.5 Å². The Labute approximate surface area is 107 Å². The lowest BCUT2D eigenvalue weighted by Crippen LogP contribution is -2.46. The number of aliphatic carboxylic acids is 1. The Morgan fingerprint density at radius 3 is 2.50 bits per heavy atom. The number of piperidine rings is 1. The normalized spacial score (nSPS) is 19.6. The molecule has 1 unspecified atom stereocenters. The van der Waals surface area contributed by atoms with Gasteiger partial charge in [0.2, 0.25) is 0 Å². The number of nitrogens with zero attached hydrogens (tertiary/aromatic N) is 1. The molecule has 1 saturated heterocycles. The van der Waals surface area contributed by atoms with E-state index in [1.807, 2.05) is 0 Å². The molecule has 1 atom stereocenters. The van der Waals surface area contributed by atoms with Crippen LogP contribution < -0.4 is 4.72 Å². The predicted octanol–water partition coefficient (Wildman–Crippen LogP) is -0.204. The third-order valence-corrected chi connectivity index (χ3v) is 4.46. The smallest absolute Gasteiger partial charge is 0.306 e. The van der Waals surface area contributed by atoms with Gasteiger partial charge < -0.3 is 9.84 Å². The van der Waals surface area contributed by atoms with Crippen molar-refractivity contribution in [2.45, 2.75) is 31.8 Å². The van der Waals surface area contributed by atoms with Gasteiger partial charge in [0.25, 0.3) is 10.2 Å². The molecule has 0 bridgehead atoms. The minimum absolute atomic E-state index is 0.0262. The van der Waals surface area contributed by atoms with E-state index in [0.29, 0.717) is 13.1 Å². The molecular formula is C10H20N2O5S. The maximum absolute atomic E-state index is 11.9. The molecule has 8 heteroatoms. The Kier molecular flexibility index (Phi) is 6.00. The molecule has 7 nitrogen and oxygen atoms in total. The lowest BCUT2D eigenvalue weighted by Gasteiger charge is -2.26. The Bertz CT molecular complexity index is 364. The molecule has 0 spiro atoms. The molecule has 106 valence electrons. The number of methoxy groups -OCH3 is 1. The Morgan fingerprint density at radius 2 is 2.00 bits per heavy atom. The van der Waals surface area contributed by atoms with E-state index in [-0.39, 0.29) is 13.0 Å². The molecule has 0 aromatic carbocycles. The number of nitrogens with one attached hydrogen (secondary N) is 1. The summed E-state index contributed by atoms with van der Waals surface area (Å²) in [5.41, 5.74) is 0. The van der Waals surface area contributed by atoms with Crippen LogP contribution >= 0.6 is 0 Å². The second kappa shape index (κ2) is 7.03. The van der Waals surface area contributed by atoms with Gasteiger partial charge in [-0.15, -0.1) is 0 Å². The van der Waals surface area contributed by atoms with E-state index in [4.69, 9.17) is 9.84 Å². The highest BCUT2D eigenvalue weighted by atomic mass is 32.2.